The topological polar surface area (TPSA) is 8.81 Å². The first-order chi connectivity index (χ1) is 16.4. The van der Waals surface area contributed by atoms with Crippen LogP contribution < -0.4 is 21.5 Å². The van der Waals surface area contributed by atoms with Crippen LogP contribution in [-0.4, -0.2) is 4.57 Å². The number of hydrogen-bond acceptors (Lipinski definition) is 0. The number of unbranched alkanes of at least 4 members (excludes halogenated alkanes) is 22. The largest absolute Gasteiger partial charge is 1.00 e. The first kappa shape index (κ1) is 33.7. The van der Waals surface area contributed by atoms with Crippen molar-refractivity contribution in [3.63, 3.8) is 0 Å². The molecule has 0 aliphatic heterocycles. The van der Waals surface area contributed by atoms with Crippen molar-refractivity contribution in [3.8, 4) is 0 Å². The van der Waals surface area contributed by atoms with Crippen molar-refractivity contribution >= 4 is 0 Å². The van der Waals surface area contributed by atoms with Gasteiger partial charge in [0.1, 0.15) is 12.4 Å². The summed E-state index contributed by atoms with van der Waals surface area (Å²) in [6.45, 7) is 6.99. The van der Waals surface area contributed by atoms with Crippen molar-refractivity contribution in [2.24, 2.45) is 0 Å². The van der Waals surface area contributed by atoms with Crippen LogP contribution in [0.5, 0.6) is 0 Å². The minimum atomic E-state index is 0. The van der Waals surface area contributed by atoms with Gasteiger partial charge in [-0.2, -0.15) is 0 Å². The fraction of sp³-hybridized carbons (Fsp3) is 0.903. The number of nitrogens with zero attached hydrogens (tertiary/aromatic N) is 2. The summed E-state index contributed by atoms with van der Waals surface area (Å²) in [4.78, 5) is 0. The number of rotatable bonds is 26. The molecule has 202 valence electrons. The van der Waals surface area contributed by atoms with Crippen molar-refractivity contribution in [3.05, 3.63) is 18.7 Å². The van der Waals surface area contributed by atoms with Crippen molar-refractivity contribution in [1.29, 1.82) is 0 Å². The van der Waals surface area contributed by atoms with Gasteiger partial charge in [0.25, 0.3) is 0 Å². The third-order valence-corrected chi connectivity index (χ3v) is 7.29. The Labute approximate surface area is 225 Å². The van der Waals surface area contributed by atoms with Crippen LogP contribution in [0, 0.1) is 0 Å². The van der Waals surface area contributed by atoms with Crippen molar-refractivity contribution in [2.75, 3.05) is 0 Å². The van der Waals surface area contributed by atoms with Gasteiger partial charge in [-0.15, -0.1) is 0 Å². The van der Waals surface area contributed by atoms with E-state index in [1.165, 1.54) is 167 Å². The van der Waals surface area contributed by atoms with E-state index in [0.717, 1.165) is 0 Å². The maximum Gasteiger partial charge on any atom is 0.243 e. The van der Waals surface area contributed by atoms with Crippen LogP contribution in [0.2, 0.25) is 0 Å². The third kappa shape index (κ3) is 22.2. The summed E-state index contributed by atoms with van der Waals surface area (Å²) in [5, 5.41) is 0. The van der Waals surface area contributed by atoms with Gasteiger partial charge in [0.15, 0.2) is 0 Å². The van der Waals surface area contributed by atoms with Gasteiger partial charge in [-0.25, -0.2) is 9.13 Å². The van der Waals surface area contributed by atoms with Gasteiger partial charge in [-0.05, 0) is 25.7 Å². The zero-order chi connectivity index (χ0) is 23.7. The van der Waals surface area contributed by atoms with Crippen LogP contribution in [0.15, 0.2) is 18.7 Å². The molecule has 0 atom stereocenters. The van der Waals surface area contributed by atoms with E-state index in [2.05, 4.69) is 41.7 Å². The smallest absolute Gasteiger partial charge is 0.243 e. The lowest BCUT2D eigenvalue weighted by Gasteiger charge is -2.03. The highest BCUT2D eigenvalue weighted by Gasteiger charge is 2.03. The normalized spacial score (nSPS) is 11.1. The van der Waals surface area contributed by atoms with E-state index in [1.807, 2.05) is 0 Å². The molecule has 0 fully saturated rings. The molecule has 1 rings (SSSR count). The highest BCUT2D eigenvalue weighted by Crippen LogP contribution is 2.13. The predicted molar refractivity (Wildman–Crippen MR) is 147 cm³/mol. The van der Waals surface area contributed by atoms with Crippen LogP contribution in [0.4, 0.5) is 0 Å². The van der Waals surface area contributed by atoms with Crippen molar-refractivity contribution in [2.45, 2.75) is 181 Å². The third-order valence-electron chi connectivity index (χ3n) is 7.29. The Bertz CT molecular complexity index is 499. The highest BCUT2D eigenvalue weighted by atomic mass is 79.9. The minimum absolute atomic E-state index is 0. The zero-order valence-corrected chi connectivity index (χ0v) is 25.0. The SMILES string of the molecule is CCCCCCCCCCCCCCCCn1cc[n+](CCCCCCCCCCCC)c1.[Br-]. The maximum atomic E-state index is 2.40. The summed E-state index contributed by atoms with van der Waals surface area (Å²) in [5.41, 5.74) is 0. The molecule has 1 heterocycles. The minimum Gasteiger partial charge on any atom is -1.00 e. The molecule has 0 saturated carbocycles. The summed E-state index contributed by atoms with van der Waals surface area (Å²) in [6.07, 6.45) is 41.2. The lowest BCUT2D eigenvalue weighted by atomic mass is 10.0. The Kier molecular flexibility index (Phi) is 27.0. The molecule has 0 aliphatic rings. The predicted octanol–water partition coefficient (Wildman–Crippen LogP) is 7.18. The molecule has 0 saturated heterocycles. The van der Waals surface area contributed by atoms with Gasteiger partial charge in [0.05, 0.1) is 13.1 Å². The number of hydrogen-bond donors (Lipinski definition) is 0. The monoisotopic (exact) mass is 540 g/mol. The van der Waals surface area contributed by atoms with Gasteiger partial charge in [0, 0.05) is 0 Å². The molecular weight excluding hydrogens is 480 g/mol. The lowest BCUT2D eigenvalue weighted by Crippen LogP contribution is -3.00. The Morgan fingerprint density at radius 1 is 0.471 bits per heavy atom. The Morgan fingerprint density at radius 2 is 0.824 bits per heavy atom. The Hall–Kier alpha value is -0.310. The fourth-order valence-corrected chi connectivity index (χ4v) is 4.97. The van der Waals surface area contributed by atoms with Crippen LogP contribution >= 0.6 is 0 Å². The van der Waals surface area contributed by atoms with E-state index < -0.39 is 0 Å². The number of aromatic nitrogens is 2. The fourth-order valence-electron chi connectivity index (χ4n) is 4.97. The summed E-state index contributed by atoms with van der Waals surface area (Å²) in [7, 11) is 0. The van der Waals surface area contributed by atoms with E-state index in [4.69, 9.17) is 0 Å². The van der Waals surface area contributed by atoms with Crippen LogP contribution in [-0.2, 0) is 13.1 Å². The first-order valence-electron chi connectivity index (χ1n) is 15.4. The Balaban J connectivity index is 0.0000109. The van der Waals surface area contributed by atoms with E-state index in [0.29, 0.717) is 0 Å². The molecule has 0 bridgehead atoms. The molecule has 3 heteroatoms. The van der Waals surface area contributed by atoms with Gasteiger partial charge in [-0.3, -0.25) is 0 Å². The molecule has 0 N–H and O–H groups in total. The number of imidazole rings is 1. The standard InChI is InChI=1S/C31H61N2.BrH/c1-3-5-7-9-11-13-15-16-17-18-20-22-24-26-28-33-30-29-32(31-33)27-25-23-21-19-14-12-10-8-6-4-2;/h29-31H,3-28H2,1-2H3;1H/q+1;/p-1. The molecular formula is C31H61BrN2. The maximum absolute atomic E-state index is 2.40. The molecule has 0 aliphatic carbocycles. The van der Waals surface area contributed by atoms with Gasteiger partial charge >= 0.3 is 0 Å². The molecule has 2 nitrogen and oxygen atoms in total. The molecule has 0 radical (unpaired) electrons. The average Bonchev–Trinajstić information content (AvgIpc) is 3.28. The average molecular weight is 542 g/mol. The lowest BCUT2D eigenvalue weighted by molar-refractivity contribution is -0.696. The van der Waals surface area contributed by atoms with Gasteiger partial charge in [-0.1, -0.05) is 142 Å². The molecule has 34 heavy (non-hydrogen) atoms. The quantitative estimate of drug-likeness (QED) is 0.0868. The van der Waals surface area contributed by atoms with Crippen LogP contribution in [0.3, 0.4) is 0 Å². The van der Waals surface area contributed by atoms with Crippen molar-refractivity contribution < 1.29 is 21.5 Å². The summed E-state index contributed by atoms with van der Waals surface area (Å²) in [6, 6.07) is 0. The zero-order valence-electron chi connectivity index (χ0n) is 23.4. The van der Waals surface area contributed by atoms with E-state index >= 15 is 0 Å². The summed E-state index contributed by atoms with van der Waals surface area (Å²) < 4.78 is 4.80. The summed E-state index contributed by atoms with van der Waals surface area (Å²) in [5.74, 6) is 0. The second kappa shape index (κ2) is 27.3. The van der Waals surface area contributed by atoms with Crippen LogP contribution in [0.1, 0.15) is 168 Å². The van der Waals surface area contributed by atoms with Crippen LogP contribution in [0.25, 0.3) is 0 Å². The van der Waals surface area contributed by atoms with E-state index in [1.54, 1.807) is 0 Å². The number of aryl methyl sites for hydroxylation is 2. The van der Waals surface area contributed by atoms with Gasteiger partial charge < -0.3 is 17.0 Å². The van der Waals surface area contributed by atoms with E-state index in [9.17, 15) is 0 Å². The second-order valence-corrected chi connectivity index (χ2v) is 10.7. The second-order valence-electron chi connectivity index (χ2n) is 10.7. The highest BCUT2D eigenvalue weighted by molar-refractivity contribution is 4.66. The van der Waals surface area contributed by atoms with E-state index in [-0.39, 0.29) is 17.0 Å². The molecule has 1 aromatic heterocycles. The molecule has 1 aromatic rings. The summed E-state index contributed by atoms with van der Waals surface area (Å²) >= 11 is 0. The number of halogens is 1. The first-order valence-corrected chi connectivity index (χ1v) is 15.4. The molecule has 0 spiro atoms. The van der Waals surface area contributed by atoms with Crippen molar-refractivity contribution in [1.82, 2.24) is 4.57 Å². The molecule has 0 amide bonds. The molecule has 0 aromatic carbocycles. The Morgan fingerprint density at radius 3 is 1.24 bits per heavy atom. The van der Waals surface area contributed by atoms with Gasteiger partial charge in [0.2, 0.25) is 6.33 Å². The molecule has 0 unspecified atom stereocenters.